The van der Waals surface area contributed by atoms with Crippen molar-refractivity contribution in [2.45, 2.75) is 44.7 Å². The van der Waals surface area contributed by atoms with Gasteiger partial charge in [0.15, 0.2) is 0 Å². The number of para-hydroxylation sites is 1. The third-order valence-electron chi connectivity index (χ3n) is 4.96. The molecule has 0 amide bonds. The molecule has 1 aromatic carbocycles. The summed E-state index contributed by atoms with van der Waals surface area (Å²) in [4.78, 5) is 2.67. The standard InChI is InChI=1S/C18H24N2O/c1-12-18(15-4-2-3-5-17(15)21-12)16(10-19)20(14-8-9-14)11-13-6-7-13/h2-5,13-14,16H,6-11,19H2,1H3. The third kappa shape index (κ3) is 2.49. The van der Waals surface area contributed by atoms with Gasteiger partial charge in [0.1, 0.15) is 11.3 Å². The quantitative estimate of drug-likeness (QED) is 0.881. The largest absolute Gasteiger partial charge is 0.461 e. The normalized spacial score (nSPS) is 20.3. The zero-order valence-electron chi connectivity index (χ0n) is 12.7. The topological polar surface area (TPSA) is 42.4 Å². The highest BCUT2D eigenvalue weighted by Crippen LogP contribution is 2.42. The second kappa shape index (κ2) is 5.15. The summed E-state index contributed by atoms with van der Waals surface area (Å²) in [6.07, 6.45) is 5.45. The molecule has 1 atom stereocenters. The first-order chi connectivity index (χ1) is 10.3. The van der Waals surface area contributed by atoms with Crippen LogP contribution in [0.3, 0.4) is 0 Å². The van der Waals surface area contributed by atoms with Crippen LogP contribution in [0.25, 0.3) is 11.0 Å². The van der Waals surface area contributed by atoms with Crippen LogP contribution in [0.1, 0.15) is 43.0 Å². The van der Waals surface area contributed by atoms with Crippen LogP contribution in [0.5, 0.6) is 0 Å². The van der Waals surface area contributed by atoms with E-state index < -0.39 is 0 Å². The van der Waals surface area contributed by atoms with Gasteiger partial charge in [0, 0.05) is 30.1 Å². The van der Waals surface area contributed by atoms with Crippen molar-refractivity contribution in [1.29, 1.82) is 0 Å². The van der Waals surface area contributed by atoms with E-state index in [1.165, 1.54) is 43.2 Å². The molecule has 2 aliphatic carbocycles. The Labute approximate surface area is 126 Å². The average Bonchev–Trinajstić information content (AvgIpc) is 3.37. The lowest BCUT2D eigenvalue weighted by atomic mass is 10.0. The Bertz CT molecular complexity index is 640. The Morgan fingerprint density at radius 1 is 1.24 bits per heavy atom. The van der Waals surface area contributed by atoms with Crippen molar-refractivity contribution in [1.82, 2.24) is 4.90 Å². The van der Waals surface area contributed by atoms with Gasteiger partial charge in [-0.05, 0) is 44.6 Å². The van der Waals surface area contributed by atoms with E-state index >= 15 is 0 Å². The predicted octanol–water partition coefficient (Wildman–Crippen LogP) is 3.62. The Morgan fingerprint density at radius 3 is 2.67 bits per heavy atom. The fourth-order valence-electron chi connectivity index (χ4n) is 3.56. The van der Waals surface area contributed by atoms with Crippen molar-refractivity contribution in [3.8, 4) is 0 Å². The summed E-state index contributed by atoms with van der Waals surface area (Å²) in [7, 11) is 0. The van der Waals surface area contributed by atoms with Gasteiger partial charge in [0.2, 0.25) is 0 Å². The maximum atomic E-state index is 6.20. The Morgan fingerprint density at radius 2 is 2.00 bits per heavy atom. The molecular weight excluding hydrogens is 260 g/mol. The summed E-state index contributed by atoms with van der Waals surface area (Å²) in [6, 6.07) is 9.41. The van der Waals surface area contributed by atoms with Crippen LogP contribution in [0.4, 0.5) is 0 Å². The van der Waals surface area contributed by atoms with E-state index in [9.17, 15) is 0 Å². The van der Waals surface area contributed by atoms with Gasteiger partial charge in [-0.3, -0.25) is 4.90 Å². The molecule has 3 nitrogen and oxygen atoms in total. The average molecular weight is 284 g/mol. The molecule has 0 spiro atoms. The Balaban J connectivity index is 1.73. The van der Waals surface area contributed by atoms with Crippen LogP contribution < -0.4 is 5.73 Å². The van der Waals surface area contributed by atoms with Crippen molar-refractivity contribution in [3.63, 3.8) is 0 Å². The zero-order valence-corrected chi connectivity index (χ0v) is 12.7. The number of fused-ring (bicyclic) bond motifs is 1. The number of nitrogens with zero attached hydrogens (tertiary/aromatic N) is 1. The van der Waals surface area contributed by atoms with Crippen LogP contribution >= 0.6 is 0 Å². The fourth-order valence-corrected chi connectivity index (χ4v) is 3.56. The van der Waals surface area contributed by atoms with Gasteiger partial charge >= 0.3 is 0 Å². The predicted molar refractivity (Wildman–Crippen MR) is 85.2 cm³/mol. The Kier molecular flexibility index (Phi) is 3.27. The summed E-state index contributed by atoms with van der Waals surface area (Å²) in [5, 5.41) is 1.24. The highest BCUT2D eigenvalue weighted by Gasteiger charge is 2.39. The van der Waals surface area contributed by atoms with E-state index in [2.05, 4.69) is 30.0 Å². The lowest BCUT2D eigenvalue weighted by Gasteiger charge is -2.31. The van der Waals surface area contributed by atoms with E-state index in [0.29, 0.717) is 12.6 Å². The molecule has 2 N–H and O–H groups in total. The minimum Gasteiger partial charge on any atom is -0.461 e. The molecule has 4 rings (SSSR count). The highest BCUT2D eigenvalue weighted by molar-refractivity contribution is 5.82. The molecule has 112 valence electrons. The number of hydrogen-bond donors (Lipinski definition) is 1. The SMILES string of the molecule is Cc1oc2ccccc2c1C(CN)N(CC1CC1)C1CC1. The minimum absolute atomic E-state index is 0.307. The lowest BCUT2D eigenvalue weighted by Crippen LogP contribution is -2.37. The van der Waals surface area contributed by atoms with Crippen molar-refractivity contribution >= 4 is 11.0 Å². The minimum atomic E-state index is 0.307. The van der Waals surface area contributed by atoms with Crippen LogP contribution in [0.2, 0.25) is 0 Å². The van der Waals surface area contributed by atoms with Gasteiger partial charge in [0.05, 0.1) is 6.04 Å². The number of hydrogen-bond acceptors (Lipinski definition) is 3. The second-order valence-electron chi connectivity index (χ2n) is 6.69. The zero-order chi connectivity index (χ0) is 14.4. The molecule has 2 aromatic rings. The van der Waals surface area contributed by atoms with E-state index in [0.717, 1.165) is 23.3 Å². The van der Waals surface area contributed by atoms with Gasteiger partial charge < -0.3 is 10.2 Å². The van der Waals surface area contributed by atoms with Crippen molar-refractivity contribution in [3.05, 3.63) is 35.6 Å². The molecule has 0 radical (unpaired) electrons. The summed E-state index contributed by atoms with van der Waals surface area (Å²) in [6.45, 7) is 3.97. The van der Waals surface area contributed by atoms with Crippen molar-refractivity contribution in [2.75, 3.05) is 13.1 Å². The smallest absolute Gasteiger partial charge is 0.134 e. The summed E-state index contributed by atoms with van der Waals surface area (Å²) >= 11 is 0. The van der Waals surface area contributed by atoms with Crippen molar-refractivity contribution < 1.29 is 4.42 Å². The molecule has 1 aromatic heterocycles. The van der Waals surface area contributed by atoms with E-state index in [1.807, 2.05) is 6.07 Å². The summed E-state index contributed by atoms with van der Waals surface area (Å²) in [5.41, 5.74) is 8.51. The lowest BCUT2D eigenvalue weighted by molar-refractivity contribution is 0.182. The van der Waals surface area contributed by atoms with Gasteiger partial charge in [-0.25, -0.2) is 0 Å². The first-order valence-corrected chi connectivity index (χ1v) is 8.21. The van der Waals surface area contributed by atoms with Crippen LogP contribution in [0, 0.1) is 12.8 Å². The van der Waals surface area contributed by atoms with Crippen molar-refractivity contribution in [2.24, 2.45) is 11.7 Å². The van der Waals surface area contributed by atoms with E-state index in [-0.39, 0.29) is 0 Å². The number of furan rings is 1. The molecule has 0 saturated heterocycles. The molecular formula is C18H24N2O. The molecule has 0 bridgehead atoms. The fraction of sp³-hybridized carbons (Fsp3) is 0.556. The number of nitrogens with two attached hydrogens (primary N) is 1. The number of aryl methyl sites for hydroxylation is 1. The first-order valence-electron chi connectivity index (χ1n) is 8.21. The summed E-state index contributed by atoms with van der Waals surface area (Å²) < 4.78 is 5.97. The van der Waals surface area contributed by atoms with Gasteiger partial charge in [0.25, 0.3) is 0 Å². The highest BCUT2D eigenvalue weighted by atomic mass is 16.3. The van der Waals surface area contributed by atoms with Gasteiger partial charge in [-0.1, -0.05) is 18.2 Å². The van der Waals surface area contributed by atoms with Gasteiger partial charge in [-0.15, -0.1) is 0 Å². The molecule has 2 fully saturated rings. The third-order valence-corrected chi connectivity index (χ3v) is 4.96. The summed E-state index contributed by atoms with van der Waals surface area (Å²) in [5.74, 6) is 1.94. The number of rotatable bonds is 6. The molecule has 1 unspecified atom stereocenters. The molecule has 1 heterocycles. The molecule has 3 heteroatoms. The maximum absolute atomic E-state index is 6.20. The van der Waals surface area contributed by atoms with E-state index in [4.69, 9.17) is 10.2 Å². The maximum Gasteiger partial charge on any atom is 0.134 e. The van der Waals surface area contributed by atoms with Crippen LogP contribution in [0.15, 0.2) is 28.7 Å². The van der Waals surface area contributed by atoms with Crippen LogP contribution in [-0.2, 0) is 0 Å². The molecule has 0 aliphatic heterocycles. The van der Waals surface area contributed by atoms with Crippen LogP contribution in [-0.4, -0.2) is 24.0 Å². The second-order valence-corrected chi connectivity index (χ2v) is 6.69. The Hall–Kier alpha value is -1.32. The first kappa shape index (κ1) is 13.4. The molecule has 21 heavy (non-hydrogen) atoms. The molecule has 2 saturated carbocycles. The molecule has 2 aliphatic rings. The van der Waals surface area contributed by atoms with Gasteiger partial charge in [-0.2, -0.15) is 0 Å². The number of benzene rings is 1. The van der Waals surface area contributed by atoms with E-state index in [1.54, 1.807) is 0 Å². The monoisotopic (exact) mass is 284 g/mol.